The lowest BCUT2D eigenvalue weighted by atomic mass is 10.1. The van der Waals surface area contributed by atoms with Crippen LogP contribution in [-0.4, -0.2) is 37.7 Å². The van der Waals surface area contributed by atoms with Crippen LogP contribution in [0.3, 0.4) is 0 Å². The van der Waals surface area contributed by atoms with Gasteiger partial charge in [0.05, 0.1) is 0 Å². The summed E-state index contributed by atoms with van der Waals surface area (Å²) in [5, 5.41) is 16.1. The van der Waals surface area contributed by atoms with Gasteiger partial charge in [0.25, 0.3) is 4.96 Å². The third-order valence-corrected chi connectivity index (χ3v) is 5.27. The van der Waals surface area contributed by atoms with Gasteiger partial charge in [-0.25, -0.2) is 0 Å². The van der Waals surface area contributed by atoms with E-state index in [4.69, 9.17) is 0 Å². The number of thiazole rings is 1. The van der Waals surface area contributed by atoms with Crippen LogP contribution >= 0.6 is 11.3 Å². The number of anilines is 1. The number of aromatic nitrogens is 2. The highest BCUT2D eigenvalue weighted by molar-refractivity contribution is 7.15. The Hall–Kier alpha value is -2.94. The van der Waals surface area contributed by atoms with Gasteiger partial charge in [-0.15, -0.1) is 0 Å². The average Bonchev–Trinajstić information content (AvgIpc) is 3.27. The van der Waals surface area contributed by atoms with Gasteiger partial charge in [0.2, 0.25) is 11.7 Å². The number of carbonyl (C=O) groups excluding carboxylic acids is 1. The number of hydrogen-bond donors (Lipinski definition) is 1. The molecule has 1 amide bonds. The number of nitrogens with one attached hydrogen (secondary N) is 1. The Labute approximate surface area is 153 Å². The minimum absolute atomic E-state index is 0.0590. The third-order valence-electron chi connectivity index (χ3n) is 4.51. The topological polar surface area (TPSA) is 92.8 Å². The second kappa shape index (κ2) is 6.41. The summed E-state index contributed by atoms with van der Waals surface area (Å²) in [4.78, 5) is 30.2. The molecule has 0 saturated carbocycles. The standard InChI is InChI=1S/C17H17N5O3S/c1-11-2-4-12(5-3-11)10-20-7-6-13(16(20)23)18-14-15(22(24)25)21-8-9-26-17(21)19-14/h2-5,8-9,13,18H,6-7,10H2,1H3. The largest absolute Gasteiger partial charge is 0.372 e. The van der Waals surface area contributed by atoms with E-state index in [1.807, 2.05) is 31.2 Å². The smallest absolute Gasteiger partial charge is 0.358 e. The molecule has 8 nitrogen and oxygen atoms in total. The summed E-state index contributed by atoms with van der Waals surface area (Å²) in [5.41, 5.74) is 2.24. The van der Waals surface area contributed by atoms with Crippen molar-refractivity contribution in [1.29, 1.82) is 0 Å². The van der Waals surface area contributed by atoms with Crippen LogP contribution < -0.4 is 5.32 Å². The van der Waals surface area contributed by atoms with Crippen molar-refractivity contribution in [1.82, 2.24) is 14.3 Å². The lowest BCUT2D eigenvalue weighted by molar-refractivity contribution is -0.389. The first-order valence-electron chi connectivity index (χ1n) is 8.24. The summed E-state index contributed by atoms with van der Waals surface area (Å²) >= 11 is 1.31. The van der Waals surface area contributed by atoms with E-state index >= 15 is 0 Å². The average molecular weight is 371 g/mol. The number of aryl methyl sites for hydroxylation is 1. The van der Waals surface area contributed by atoms with E-state index < -0.39 is 11.0 Å². The number of fused-ring (bicyclic) bond motifs is 1. The molecule has 1 aromatic carbocycles. The van der Waals surface area contributed by atoms with Crippen LogP contribution in [-0.2, 0) is 11.3 Å². The number of nitrogens with zero attached hydrogens (tertiary/aromatic N) is 4. The van der Waals surface area contributed by atoms with Crippen LogP contribution in [0.5, 0.6) is 0 Å². The van der Waals surface area contributed by atoms with Crippen molar-refractivity contribution in [2.24, 2.45) is 0 Å². The van der Waals surface area contributed by atoms with Crippen LogP contribution in [0.1, 0.15) is 17.5 Å². The van der Waals surface area contributed by atoms with E-state index in [0.29, 0.717) is 24.5 Å². The molecule has 1 atom stereocenters. The highest BCUT2D eigenvalue weighted by Crippen LogP contribution is 2.30. The fourth-order valence-corrected chi connectivity index (χ4v) is 3.86. The fourth-order valence-electron chi connectivity index (χ4n) is 3.15. The van der Waals surface area contributed by atoms with Crippen molar-refractivity contribution >= 4 is 33.8 Å². The molecule has 1 aliphatic heterocycles. The molecule has 2 aromatic heterocycles. The Morgan fingerprint density at radius 1 is 1.38 bits per heavy atom. The number of nitro groups is 1. The normalized spacial score (nSPS) is 17.2. The number of amides is 1. The minimum Gasteiger partial charge on any atom is -0.358 e. The van der Waals surface area contributed by atoms with Crippen LogP contribution in [0.15, 0.2) is 35.8 Å². The van der Waals surface area contributed by atoms with Gasteiger partial charge in [0.1, 0.15) is 12.2 Å². The van der Waals surface area contributed by atoms with Gasteiger partial charge in [-0.1, -0.05) is 41.2 Å². The highest BCUT2D eigenvalue weighted by atomic mass is 32.1. The van der Waals surface area contributed by atoms with Crippen LogP contribution in [0.2, 0.25) is 0 Å². The lowest BCUT2D eigenvalue weighted by Gasteiger charge is -2.17. The predicted molar refractivity (Wildman–Crippen MR) is 98.3 cm³/mol. The van der Waals surface area contributed by atoms with Gasteiger partial charge in [0.15, 0.2) is 0 Å². The molecule has 9 heteroatoms. The van der Waals surface area contributed by atoms with E-state index in [1.165, 1.54) is 21.3 Å². The van der Waals surface area contributed by atoms with E-state index in [1.54, 1.807) is 16.5 Å². The van der Waals surface area contributed by atoms with Gasteiger partial charge < -0.3 is 20.3 Å². The van der Waals surface area contributed by atoms with Crippen molar-refractivity contribution in [3.63, 3.8) is 0 Å². The first-order valence-corrected chi connectivity index (χ1v) is 9.11. The molecule has 0 bridgehead atoms. The Bertz CT molecular complexity index is 978. The molecule has 0 aliphatic carbocycles. The summed E-state index contributed by atoms with van der Waals surface area (Å²) in [6, 6.07) is 7.57. The maximum absolute atomic E-state index is 12.7. The molecule has 3 heterocycles. The second-order valence-corrected chi connectivity index (χ2v) is 7.20. The monoisotopic (exact) mass is 371 g/mol. The number of carbonyl (C=O) groups is 1. The number of hydrogen-bond acceptors (Lipinski definition) is 6. The molecule has 134 valence electrons. The zero-order chi connectivity index (χ0) is 18.3. The van der Waals surface area contributed by atoms with Crippen molar-refractivity contribution in [3.05, 3.63) is 57.1 Å². The van der Waals surface area contributed by atoms with Crippen LogP contribution in [0.25, 0.3) is 4.96 Å². The molecule has 1 aliphatic rings. The van der Waals surface area contributed by atoms with Crippen molar-refractivity contribution < 1.29 is 9.72 Å². The molecule has 1 fully saturated rings. The molecule has 1 N–H and O–H groups in total. The van der Waals surface area contributed by atoms with Crippen LogP contribution in [0, 0.1) is 17.0 Å². The summed E-state index contributed by atoms with van der Waals surface area (Å²) in [5.74, 6) is -0.0420. The summed E-state index contributed by atoms with van der Waals surface area (Å²) in [7, 11) is 0. The first-order chi connectivity index (χ1) is 12.5. The van der Waals surface area contributed by atoms with Crippen LogP contribution in [0.4, 0.5) is 11.6 Å². The van der Waals surface area contributed by atoms with Gasteiger partial charge >= 0.3 is 5.82 Å². The number of rotatable bonds is 5. The second-order valence-electron chi connectivity index (χ2n) is 6.33. The number of benzene rings is 1. The predicted octanol–water partition coefficient (Wildman–Crippen LogP) is 2.83. The SMILES string of the molecule is Cc1ccc(CN2CCC(Nc3nc4sccn4c3[N+](=O)[O-])C2=O)cc1. The molecule has 1 saturated heterocycles. The lowest BCUT2D eigenvalue weighted by Crippen LogP contribution is -2.33. The molecule has 3 aromatic rings. The van der Waals surface area contributed by atoms with E-state index in [9.17, 15) is 14.9 Å². The maximum Gasteiger partial charge on any atom is 0.372 e. The van der Waals surface area contributed by atoms with Gasteiger partial charge in [-0.05, 0) is 23.8 Å². The maximum atomic E-state index is 12.7. The zero-order valence-corrected chi connectivity index (χ0v) is 14.9. The van der Waals surface area contributed by atoms with Gasteiger partial charge in [-0.2, -0.15) is 9.38 Å². The van der Waals surface area contributed by atoms with Gasteiger partial charge in [-0.3, -0.25) is 4.79 Å². The quantitative estimate of drug-likeness (QED) is 0.550. The highest BCUT2D eigenvalue weighted by Gasteiger charge is 2.34. The van der Waals surface area contributed by atoms with E-state index in [-0.39, 0.29) is 17.5 Å². The summed E-state index contributed by atoms with van der Waals surface area (Å²) < 4.78 is 1.43. The molecule has 26 heavy (non-hydrogen) atoms. The number of likely N-dealkylation sites (tertiary alicyclic amines) is 1. The molecular weight excluding hydrogens is 354 g/mol. The molecule has 4 rings (SSSR count). The minimum atomic E-state index is -0.497. The fraction of sp³-hybridized carbons (Fsp3) is 0.294. The van der Waals surface area contributed by atoms with Crippen molar-refractivity contribution in [3.8, 4) is 0 Å². The summed E-state index contributed by atoms with van der Waals surface area (Å²) in [6.07, 6.45) is 2.20. The zero-order valence-electron chi connectivity index (χ0n) is 14.1. The van der Waals surface area contributed by atoms with E-state index in [0.717, 1.165) is 5.56 Å². The molecule has 1 unspecified atom stereocenters. The van der Waals surface area contributed by atoms with Gasteiger partial charge in [0, 0.05) is 18.5 Å². The van der Waals surface area contributed by atoms with E-state index in [2.05, 4.69) is 10.3 Å². The third kappa shape index (κ3) is 2.90. The summed E-state index contributed by atoms with van der Waals surface area (Å²) in [6.45, 7) is 3.17. The molecular formula is C17H17N5O3S. The first kappa shape index (κ1) is 16.5. The van der Waals surface area contributed by atoms with Crippen molar-refractivity contribution in [2.75, 3.05) is 11.9 Å². The Morgan fingerprint density at radius 3 is 2.88 bits per heavy atom. The molecule has 0 radical (unpaired) electrons. The Balaban J connectivity index is 1.50. The Morgan fingerprint density at radius 2 is 2.15 bits per heavy atom. The number of imidazole rings is 1. The van der Waals surface area contributed by atoms with Crippen molar-refractivity contribution in [2.45, 2.75) is 25.9 Å². The molecule has 0 spiro atoms. The Kier molecular flexibility index (Phi) is 4.08.